The van der Waals surface area contributed by atoms with Crippen LogP contribution in [0.2, 0.25) is 0 Å². The molecule has 0 amide bonds. The van der Waals surface area contributed by atoms with E-state index in [-0.39, 0.29) is 5.75 Å². The van der Waals surface area contributed by atoms with Gasteiger partial charge < -0.3 is 5.73 Å². The Morgan fingerprint density at radius 3 is 2.56 bits per heavy atom. The van der Waals surface area contributed by atoms with E-state index in [2.05, 4.69) is 11.0 Å². The van der Waals surface area contributed by atoms with E-state index in [9.17, 15) is 8.42 Å². The van der Waals surface area contributed by atoms with Gasteiger partial charge in [0.25, 0.3) is 10.0 Å². The molecule has 0 rings (SSSR count). The van der Waals surface area contributed by atoms with Crippen LogP contribution in [0.3, 0.4) is 0 Å². The van der Waals surface area contributed by atoms with E-state index in [0.29, 0.717) is 0 Å². The minimum absolute atomic E-state index is 0.166. The van der Waals surface area contributed by atoms with Gasteiger partial charge in [0.15, 0.2) is 0 Å². The molecule has 0 aromatic carbocycles. The van der Waals surface area contributed by atoms with Crippen LogP contribution in [-0.2, 0) is 10.0 Å². The predicted molar refractivity (Wildman–Crippen MR) is 36.7 cm³/mol. The second-order valence-electron chi connectivity index (χ2n) is 1.29. The average Bonchev–Trinajstić information content (AvgIpc) is 1.64. The highest BCUT2D eigenvalue weighted by molar-refractivity contribution is 7.90. The quantitative estimate of drug-likeness (QED) is 0.333. The summed E-state index contributed by atoms with van der Waals surface area (Å²) in [6.45, 7) is 3.23. The van der Waals surface area contributed by atoms with Crippen LogP contribution in [0.25, 0.3) is 0 Å². The maximum atomic E-state index is 10.5. The molecule has 0 spiro atoms. The molecule has 0 saturated heterocycles. The first-order chi connectivity index (χ1) is 4.12. The summed E-state index contributed by atoms with van der Waals surface area (Å²) < 4.78 is 24.0. The smallest absolute Gasteiger partial charge is 0.258 e. The molecule has 0 saturated carbocycles. The number of nitrogens with zero attached hydrogens (tertiary/aromatic N) is 1. The molecular formula is C4H8N2O2S. The highest BCUT2D eigenvalue weighted by Gasteiger charge is 2.00. The molecule has 0 atom stereocenters. The zero-order chi connectivity index (χ0) is 7.33. The molecule has 0 unspecified atom stereocenters. The molecular weight excluding hydrogens is 140 g/mol. The lowest BCUT2D eigenvalue weighted by Gasteiger charge is -1.87. The molecule has 0 bridgehead atoms. The number of sulfonamides is 1. The molecule has 0 aromatic rings. The van der Waals surface area contributed by atoms with Crippen LogP contribution in [0.5, 0.6) is 0 Å². The molecule has 0 fully saturated rings. The first-order valence-corrected chi connectivity index (χ1v) is 3.82. The molecule has 4 nitrogen and oxygen atoms in total. The largest absolute Gasteiger partial charge is 0.389 e. The Morgan fingerprint density at radius 2 is 2.22 bits per heavy atom. The van der Waals surface area contributed by atoms with Crippen molar-refractivity contribution >= 4 is 16.4 Å². The Hall–Kier alpha value is -0.840. The zero-order valence-corrected chi connectivity index (χ0v) is 5.63. The molecule has 0 aliphatic carbocycles. The monoisotopic (exact) mass is 148 g/mol. The van der Waals surface area contributed by atoms with Crippen LogP contribution in [0.4, 0.5) is 0 Å². The van der Waals surface area contributed by atoms with E-state index in [4.69, 9.17) is 5.73 Å². The summed E-state index contributed by atoms with van der Waals surface area (Å²) in [6.07, 6.45) is 2.00. The third-order valence-corrected chi connectivity index (χ3v) is 1.65. The van der Waals surface area contributed by atoms with Crippen molar-refractivity contribution in [2.24, 2.45) is 10.1 Å². The number of hydrogen-bond donors (Lipinski definition) is 1. The Morgan fingerprint density at radius 1 is 1.67 bits per heavy atom. The molecule has 0 heterocycles. The van der Waals surface area contributed by atoms with Crippen molar-refractivity contribution in [2.45, 2.75) is 0 Å². The van der Waals surface area contributed by atoms with Gasteiger partial charge in [-0.2, -0.15) is 4.40 Å². The third-order valence-electron chi connectivity index (χ3n) is 0.550. The fourth-order valence-electron chi connectivity index (χ4n) is 0.285. The van der Waals surface area contributed by atoms with Crippen molar-refractivity contribution in [3.8, 4) is 0 Å². The van der Waals surface area contributed by atoms with Crippen LogP contribution in [0, 0.1) is 0 Å². The maximum absolute atomic E-state index is 10.5. The Kier molecular flexibility index (Phi) is 2.94. The van der Waals surface area contributed by atoms with Gasteiger partial charge in [0.2, 0.25) is 0 Å². The van der Waals surface area contributed by atoms with Crippen molar-refractivity contribution in [2.75, 3.05) is 5.75 Å². The summed E-state index contributed by atoms with van der Waals surface area (Å²) >= 11 is 0. The lowest BCUT2D eigenvalue weighted by Crippen LogP contribution is -2.02. The standard InChI is InChI=1S/C4H8N2O2S/c1-2-3-9(7,8)6-4-5/h2,4H,1,3H2,(H2,5,6). The Bertz CT molecular complexity index is 205. The fourth-order valence-corrected chi connectivity index (χ4v) is 0.854. The van der Waals surface area contributed by atoms with Crippen LogP contribution in [-0.4, -0.2) is 20.5 Å². The minimum atomic E-state index is -3.36. The summed E-state index contributed by atoms with van der Waals surface area (Å²) in [5, 5.41) is 0. The lowest BCUT2D eigenvalue weighted by atomic mass is 10.8. The highest BCUT2D eigenvalue weighted by atomic mass is 32.2. The summed E-state index contributed by atoms with van der Waals surface area (Å²) in [5.41, 5.74) is 4.74. The summed E-state index contributed by atoms with van der Waals surface area (Å²) in [5.74, 6) is -0.166. The molecule has 2 N–H and O–H groups in total. The second kappa shape index (κ2) is 3.24. The molecule has 0 aliphatic heterocycles. The van der Waals surface area contributed by atoms with Gasteiger partial charge in [0.05, 0.1) is 12.1 Å². The minimum Gasteiger partial charge on any atom is -0.389 e. The highest BCUT2D eigenvalue weighted by Crippen LogP contribution is 1.88. The number of nitrogens with two attached hydrogens (primary N) is 1. The molecule has 5 heteroatoms. The average molecular weight is 148 g/mol. The van der Waals surface area contributed by atoms with Gasteiger partial charge in [0, 0.05) is 0 Å². The van der Waals surface area contributed by atoms with Gasteiger partial charge in [-0.25, -0.2) is 8.42 Å². The second-order valence-corrected chi connectivity index (χ2v) is 3.00. The normalized spacial score (nSPS) is 12.0. The maximum Gasteiger partial charge on any atom is 0.258 e. The van der Waals surface area contributed by atoms with Crippen molar-refractivity contribution in [1.82, 2.24) is 0 Å². The van der Waals surface area contributed by atoms with Crippen LogP contribution in [0.1, 0.15) is 0 Å². The van der Waals surface area contributed by atoms with Gasteiger partial charge in [-0.05, 0) is 0 Å². The summed E-state index contributed by atoms with van der Waals surface area (Å²) in [4.78, 5) is 0. The molecule has 0 aliphatic rings. The van der Waals surface area contributed by atoms with Crippen molar-refractivity contribution < 1.29 is 8.42 Å². The van der Waals surface area contributed by atoms with Crippen LogP contribution in [0.15, 0.2) is 17.1 Å². The van der Waals surface area contributed by atoms with E-state index in [0.717, 1.165) is 6.34 Å². The Balaban J connectivity index is 4.22. The van der Waals surface area contributed by atoms with Crippen molar-refractivity contribution in [1.29, 1.82) is 0 Å². The van der Waals surface area contributed by atoms with Gasteiger partial charge in [-0.3, -0.25) is 0 Å². The van der Waals surface area contributed by atoms with Gasteiger partial charge in [-0.1, -0.05) is 6.08 Å². The van der Waals surface area contributed by atoms with E-state index in [1.165, 1.54) is 6.08 Å². The van der Waals surface area contributed by atoms with Crippen molar-refractivity contribution in [3.63, 3.8) is 0 Å². The first kappa shape index (κ1) is 8.16. The van der Waals surface area contributed by atoms with E-state index >= 15 is 0 Å². The van der Waals surface area contributed by atoms with E-state index < -0.39 is 10.0 Å². The zero-order valence-electron chi connectivity index (χ0n) is 4.82. The van der Waals surface area contributed by atoms with E-state index in [1.54, 1.807) is 0 Å². The predicted octanol–water partition coefficient (Wildman–Crippen LogP) is -0.511. The summed E-state index contributed by atoms with van der Waals surface area (Å²) in [7, 11) is -3.36. The van der Waals surface area contributed by atoms with Gasteiger partial charge >= 0.3 is 0 Å². The number of rotatable bonds is 3. The molecule has 0 radical (unpaired) electrons. The third kappa shape index (κ3) is 3.72. The fraction of sp³-hybridized carbons (Fsp3) is 0.250. The van der Waals surface area contributed by atoms with Crippen LogP contribution >= 0.6 is 0 Å². The Labute approximate surface area is 54.1 Å². The van der Waals surface area contributed by atoms with E-state index in [1.807, 2.05) is 0 Å². The van der Waals surface area contributed by atoms with Crippen molar-refractivity contribution in [3.05, 3.63) is 12.7 Å². The molecule has 0 aromatic heterocycles. The molecule has 9 heavy (non-hydrogen) atoms. The number of hydrogen-bond acceptors (Lipinski definition) is 2. The first-order valence-electron chi connectivity index (χ1n) is 2.21. The lowest BCUT2D eigenvalue weighted by molar-refractivity contribution is 0.601. The van der Waals surface area contributed by atoms with Gasteiger partial charge in [0.1, 0.15) is 0 Å². The SMILES string of the molecule is C=CCS(=O)(=O)N=CN. The van der Waals surface area contributed by atoms with Gasteiger partial charge in [-0.15, -0.1) is 6.58 Å². The topological polar surface area (TPSA) is 72.5 Å². The van der Waals surface area contributed by atoms with Crippen LogP contribution < -0.4 is 5.73 Å². The summed E-state index contributed by atoms with van der Waals surface area (Å²) in [6, 6.07) is 0. The molecule has 52 valence electrons.